The van der Waals surface area contributed by atoms with Crippen molar-refractivity contribution in [3.8, 4) is 55.9 Å². The third kappa shape index (κ3) is 8.76. The molecule has 0 spiro atoms. The molecule has 4 aliphatic rings. The predicted octanol–water partition coefficient (Wildman–Crippen LogP) is 22.5. The molecule has 0 unspecified atom stereocenters. The Kier molecular flexibility index (Phi) is 12.4. The van der Waals surface area contributed by atoms with Crippen molar-refractivity contribution >= 4 is 101 Å². The fourth-order valence-electron chi connectivity index (χ4n) is 18.8. The van der Waals surface area contributed by atoms with Crippen LogP contribution in [-0.4, -0.2) is 15.8 Å². The van der Waals surface area contributed by atoms with E-state index < -0.39 is 0 Å². The molecule has 4 nitrogen and oxygen atoms in total. The first kappa shape index (κ1) is 57.6. The molecule has 0 atom stereocenters. The third-order valence-corrected chi connectivity index (χ3v) is 22.7. The molecule has 466 valence electrons. The van der Waals surface area contributed by atoms with Gasteiger partial charge in [0.2, 0.25) is 0 Å². The SMILES string of the molecule is CC1(C)CC(C)(C)c2cc(-c3ccc(N4c5ccc(-c6ccccc6)cc5B5c6ccc(-n7c8ccccc8c8cc(-c9ccccc9)ccc87)cc6N(c6ccc(-c7ccc8c(c7)C(C)(C)CC8(C)C)cc6)c6cc(-n7c8ccccc8c8ccccc87)cc4c65)cc3)ccc21. The lowest BCUT2D eigenvalue weighted by Gasteiger charge is -2.44. The number of anilines is 6. The van der Waals surface area contributed by atoms with Crippen molar-refractivity contribution in [2.75, 3.05) is 9.80 Å². The lowest BCUT2D eigenvalue weighted by atomic mass is 9.33. The summed E-state index contributed by atoms with van der Waals surface area (Å²) in [5.41, 5.74) is 33.6. The molecule has 5 heteroatoms. The van der Waals surface area contributed by atoms with Gasteiger partial charge in [-0.3, -0.25) is 0 Å². The van der Waals surface area contributed by atoms with Gasteiger partial charge >= 0.3 is 0 Å². The number of fused-ring (bicyclic) bond motifs is 12. The van der Waals surface area contributed by atoms with Crippen molar-refractivity contribution in [1.29, 1.82) is 0 Å². The summed E-state index contributed by atoms with van der Waals surface area (Å²) >= 11 is 0. The second-order valence-electron chi connectivity index (χ2n) is 30.7. The topological polar surface area (TPSA) is 16.3 Å². The van der Waals surface area contributed by atoms with Gasteiger partial charge in [0.05, 0.1) is 27.8 Å². The van der Waals surface area contributed by atoms with E-state index in [0.717, 1.165) is 52.7 Å². The second-order valence-corrected chi connectivity index (χ2v) is 30.7. The molecule has 0 amide bonds. The van der Waals surface area contributed by atoms with Crippen LogP contribution < -0.4 is 26.2 Å². The van der Waals surface area contributed by atoms with E-state index in [9.17, 15) is 0 Å². The highest BCUT2D eigenvalue weighted by atomic mass is 15.2. The molecule has 15 aromatic rings. The van der Waals surface area contributed by atoms with Gasteiger partial charge in [-0.2, -0.15) is 0 Å². The smallest absolute Gasteiger partial charge is 0.252 e. The van der Waals surface area contributed by atoms with Crippen molar-refractivity contribution in [2.45, 2.75) is 89.9 Å². The first-order valence-electron chi connectivity index (χ1n) is 34.8. The highest BCUT2D eigenvalue weighted by molar-refractivity contribution is 7.00. The van der Waals surface area contributed by atoms with Crippen LogP contribution in [0.25, 0.3) is 99.5 Å². The van der Waals surface area contributed by atoms with Gasteiger partial charge in [-0.05, 0) is 203 Å². The van der Waals surface area contributed by atoms with E-state index in [1.165, 1.54) is 132 Å². The molecular weight excluding hydrogens is 1170 g/mol. The molecular formula is C92H75BN4. The lowest BCUT2D eigenvalue weighted by Crippen LogP contribution is -2.61. The van der Waals surface area contributed by atoms with Gasteiger partial charge in [-0.25, -0.2) is 0 Å². The molecule has 0 saturated carbocycles. The van der Waals surface area contributed by atoms with Crippen LogP contribution in [0.1, 0.15) is 90.5 Å². The number of aromatic nitrogens is 2. The van der Waals surface area contributed by atoms with Gasteiger partial charge < -0.3 is 18.9 Å². The largest absolute Gasteiger partial charge is 0.311 e. The molecule has 4 heterocycles. The van der Waals surface area contributed by atoms with E-state index in [2.05, 4.69) is 359 Å². The molecule has 97 heavy (non-hydrogen) atoms. The Labute approximate surface area is 569 Å². The van der Waals surface area contributed by atoms with Gasteiger partial charge in [-0.1, -0.05) is 256 Å². The standard InChI is InChI=1S/C92H75BN4/c1-89(2)56-91(5,6)76-50-63(35-44-74(76)89)60-31-39-66(40-32-60)94-84-48-38-65(59-23-13-10-14-24-59)52-79(84)93-78-46-43-68(96-82-30-20-17-27-72(82)73-49-62(37-47-83(73)96)58-21-11-9-12-22-58)53-85(78)95(67-41-33-61(34-42-67)64-36-45-75-77(51-64)92(7,8)57-90(75,3)4)87-55-69(54-86(94)88(87)93)97-80-28-18-15-25-70(80)71-26-16-19-29-81(71)97/h9-55H,56-57H2,1-8H3. The lowest BCUT2D eigenvalue weighted by molar-refractivity contribution is 0.402. The number of nitrogens with zero attached hydrogens (tertiary/aromatic N) is 4. The highest BCUT2D eigenvalue weighted by Gasteiger charge is 2.46. The van der Waals surface area contributed by atoms with Crippen LogP contribution >= 0.6 is 0 Å². The summed E-state index contributed by atoms with van der Waals surface area (Å²) in [5, 5.41) is 4.92. The molecule has 13 aromatic carbocycles. The molecule has 0 fully saturated rings. The number of hydrogen-bond donors (Lipinski definition) is 0. The zero-order chi connectivity index (χ0) is 65.4. The monoisotopic (exact) mass is 1250 g/mol. The number of hydrogen-bond acceptors (Lipinski definition) is 2. The minimum absolute atomic E-state index is 0.0783. The van der Waals surface area contributed by atoms with E-state index in [1.807, 2.05) is 0 Å². The average Bonchev–Trinajstić information content (AvgIpc) is 1.58. The maximum atomic E-state index is 2.62. The second kappa shape index (κ2) is 20.8. The van der Waals surface area contributed by atoms with Gasteiger partial charge in [0.15, 0.2) is 0 Å². The summed E-state index contributed by atoms with van der Waals surface area (Å²) in [5.74, 6) is 0. The van der Waals surface area contributed by atoms with Crippen LogP contribution in [0.5, 0.6) is 0 Å². The third-order valence-electron chi connectivity index (χ3n) is 22.7. The fraction of sp³-hybridized carbons (Fsp3) is 0.152. The van der Waals surface area contributed by atoms with E-state index in [4.69, 9.17) is 0 Å². The first-order valence-corrected chi connectivity index (χ1v) is 34.8. The number of benzene rings is 13. The maximum Gasteiger partial charge on any atom is 0.252 e. The minimum Gasteiger partial charge on any atom is -0.311 e. The van der Waals surface area contributed by atoms with Crippen molar-refractivity contribution in [1.82, 2.24) is 9.13 Å². The maximum absolute atomic E-state index is 2.62. The van der Waals surface area contributed by atoms with Crippen molar-refractivity contribution in [3.05, 3.63) is 307 Å². The molecule has 19 rings (SSSR count). The Balaban J connectivity index is 0.880. The van der Waals surface area contributed by atoms with Gasteiger partial charge in [0, 0.05) is 61.4 Å². The first-order chi connectivity index (χ1) is 47.0. The zero-order valence-electron chi connectivity index (χ0n) is 56.4. The molecule has 0 saturated heterocycles. The molecule has 2 aliphatic carbocycles. The van der Waals surface area contributed by atoms with Crippen LogP contribution in [0.15, 0.2) is 285 Å². The van der Waals surface area contributed by atoms with Gasteiger partial charge in [-0.15, -0.1) is 0 Å². The minimum atomic E-state index is -0.157. The van der Waals surface area contributed by atoms with Crippen molar-refractivity contribution in [2.24, 2.45) is 0 Å². The summed E-state index contributed by atoms with van der Waals surface area (Å²) in [6.45, 7) is 19.2. The zero-order valence-corrected chi connectivity index (χ0v) is 56.4. The van der Waals surface area contributed by atoms with Crippen molar-refractivity contribution < 1.29 is 0 Å². The van der Waals surface area contributed by atoms with Crippen LogP contribution in [0, 0.1) is 0 Å². The normalized spacial score (nSPS) is 15.8. The molecule has 2 aliphatic heterocycles. The Bertz CT molecular complexity index is 5710. The average molecular weight is 1250 g/mol. The molecule has 0 bridgehead atoms. The van der Waals surface area contributed by atoms with Crippen LogP contribution in [0.3, 0.4) is 0 Å². The van der Waals surface area contributed by atoms with E-state index in [0.29, 0.717) is 0 Å². The number of para-hydroxylation sites is 3. The Morgan fingerprint density at radius 1 is 0.247 bits per heavy atom. The Morgan fingerprint density at radius 3 is 1.14 bits per heavy atom. The van der Waals surface area contributed by atoms with Crippen LogP contribution in [0.2, 0.25) is 0 Å². The molecule has 0 N–H and O–H groups in total. The number of rotatable bonds is 8. The van der Waals surface area contributed by atoms with E-state index in [-0.39, 0.29) is 28.4 Å². The van der Waals surface area contributed by atoms with Gasteiger partial charge in [0.1, 0.15) is 0 Å². The molecule has 2 aromatic heterocycles. The summed E-state index contributed by atoms with van der Waals surface area (Å²) in [7, 11) is 0. The quantitative estimate of drug-likeness (QED) is 0.141. The molecule has 0 radical (unpaired) electrons. The Morgan fingerprint density at radius 2 is 0.619 bits per heavy atom. The van der Waals surface area contributed by atoms with E-state index in [1.54, 1.807) is 0 Å². The van der Waals surface area contributed by atoms with Crippen LogP contribution in [-0.2, 0) is 21.7 Å². The Hall–Kier alpha value is -10.9. The summed E-state index contributed by atoms with van der Waals surface area (Å²) in [6, 6.07) is 109. The highest BCUT2D eigenvalue weighted by Crippen LogP contribution is 2.54. The fourth-order valence-corrected chi connectivity index (χ4v) is 18.8. The summed E-state index contributed by atoms with van der Waals surface area (Å²) in [4.78, 5) is 5.21. The predicted molar refractivity (Wildman–Crippen MR) is 412 cm³/mol. The van der Waals surface area contributed by atoms with E-state index >= 15 is 0 Å². The van der Waals surface area contributed by atoms with Crippen LogP contribution in [0.4, 0.5) is 34.1 Å². The summed E-state index contributed by atoms with van der Waals surface area (Å²) < 4.78 is 5.03. The van der Waals surface area contributed by atoms with Gasteiger partial charge in [0.25, 0.3) is 6.71 Å². The summed E-state index contributed by atoms with van der Waals surface area (Å²) in [6.07, 6.45) is 2.26. The van der Waals surface area contributed by atoms with Crippen molar-refractivity contribution in [3.63, 3.8) is 0 Å².